The van der Waals surface area contributed by atoms with E-state index >= 15 is 0 Å². The van der Waals surface area contributed by atoms with E-state index in [0.717, 1.165) is 21.5 Å². The standard InChI is InChI=1S/C33H30ClN3O7S/c1-36(29-11-7-8-12-31(29)43-3)45(40,41)25-17-18-27(34)26(19-25)33(39)44-21-32(38)37-30(23-13-15-24(42-2)16-14-23)20-28(35-37)22-9-5-4-6-10-22/h4-19,30H,20-21H2,1-3H3. The quantitative estimate of drug-likeness (QED) is 0.202. The van der Waals surface area contributed by atoms with Crippen LogP contribution in [0.15, 0.2) is 107 Å². The van der Waals surface area contributed by atoms with E-state index in [4.69, 9.17) is 25.8 Å². The van der Waals surface area contributed by atoms with Crippen molar-refractivity contribution < 1.29 is 32.2 Å². The molecule has 45 heavy (non-hydrogen) atoms. The van der Waals surface area contributed by atoms with Crippen LogP contribution in [0, 0.1) is 0 Å². The molecular weight excluding hydrogens is 618 g/mol. The fraction of sp³-hybridized carbons (Fsp3) is 0.182. The van der Waals surface area contributed by atoms with Crippen LogP contribution in [-0.4, -0.2) is 58.9 Å². The second kappa shape index (κ2) is 13.4. The summed E-state index contributed by atoms with van der Waals surface area (Å²) >= 11 is 6.29. The number of sulfonamides is 1. The number of halogens is 1. The fourth-order valence-corrected chi connectivity index (χ4v) is 6.33. The Hall–Kier alpha value is -4.87. The number of ether oxygens (including phenoxy) is 3. The highest BCUT2D eigenvalue weighted by atomic mass is 35.5. The summed E-state index contributed by atoms with van der Waals surface area (Å²) in [6.07, 6.45) is 0.446. The van der Waals surface area contributed by atoms with E-state index in [9.17, 15) is 18.0 Å². The van der Waals surface area contributed by atoms with Gasteiger partial charge in [0, 0.05) is 13.5 Å². The molecule has 0 N–H and O–H groups in total. The van der Waals surface area contributed by atoms with Crippen LogP contribution in [0.5, 0.6) is 11.5 Å². The van der Waals surface area contributed by atoms with Gasteiger partial charge in [-0.05, 0) is 53.6 Å². The number of hydrazone groups is 1. The number of anilines is 1. The number of esters is 1. The van der Waals surface area contributed by atoms with Crippen molar-refractivity contribution in [3.8, 4) is 11.5 Å². The molecule has 1 atom stereocenters. The molecule has 12 heteroatoms. The summed E-state index contributed by atoms with van der Waals surface area (Å²) in [4.78, 5) is 26.4. The van der Waals surface area contributed by atoms with Crippen LogP contribution in [-0.2, 0) is 19.6 Å². The van der Waals surface area contributed by atoms with Gasteiger partial charge in [-0.2, -0.15) is 5.10 Å². The van der Waals surface area contributed by atoms with Crippen LogP contribution in [0.25, 0.3) is 0 Å². The van der Waals surface area contributed by atoms with Gasteiger partial charge in [-0.15, -0.1) is 0 Å². The number of carbonyl (C=O) groups is 2. The Kier molecular flexibility index (Phi) is 9.40. The molecule has 0 radical (unpaired) electrons. The van der Waals surface area contributed by atoms with Crippen molar-refractivity contribution in [2.75, 3.05) is 32.2 Å². The normalized spacial score (nSPS) is 14.4. The third kappa shape index (κ3) is 6.64. The Morgan fingerprint density at radius 1 is 0.933 bits per heavy atom. The highest BCUT2D eigenvalue weighted by Crippen LogP contribution is 2.34. The van der Waals surface area contributed by atoms with Crippen LogP contribution in [0.1, 0.15) is 33.9 Å². The van der Waals surface area contributed by atoms with E-state index in [2.05, 4.69) is 5.10 Å². The number of carbonyl (C=O) groups excluding carboxylic acids is 2. The third-order valence-corrected chi connectivity index (χ3v) is 9.44. The Morgan fingerprint density at radius 2 is 1.62 bits per heavy atom. The van der Waals surface area contributed by atoms with Gasteiger partial charge in [0.1, 0.15) is 11.5 Å². The lowest BCUT2D eigenvalue weighted by Crippen LogP contribution is -2.31. The van der Waals surface area contributed by atoms with Gasteiger partial charge in [0.05, 0.1) is 47.1 Å². The summed E-state index contributed by atoms with van der Waals surface area (Å²) in [7, 11) is 0.248. The molecule has 1 aliphatic rings. The van der Waals surface area contributed by atoms with Crippen molar-refractivity contribution in [1.82, 2.24) is 5.01 Å². The fourth-order valence-electron chi connectivity index (χ4n) is 4.90. The number of methoxy groups -OCH3 is 2. The number of para-hydroxylation sites is 2. The molecule has 1 heterocycles. The zero-order valence-corrected chi connectivity index (χ0v) is 26.3. The monoisotopic (exact) mass is 647 g/mol. The van der Waals surface area contributed by atoms with Gasteiger partial charge >= 0.3 is 5.97 Å². The summed E-state index contributed by atoms with van der Waals surface area (Å²) in [5, 5.41) is 5.87. The van der Waals surface area contributed by atoms with E-state index in [0.29, 0.717) is 29.3 Å². The number of hydrogen-bond acceptors (Lipinski definition) is 8. The highest BCUT2D eigenvalue weighted by molar-refractivity contribution is 7.92. The number of hydrogen-bond donors (Lipinski definition) is 0. The van der Waals surface area contributed by atoms with Crippen LogP contribution >= 0.6 is 11.6 Å². The third-order valence-electron chi connectivity index (χ3n) is 7.34. The number of rotatable bonds is 10. The van der Waals surface area contributed by atoms with Crippen molar-refractivity contribution in [3.05, 3.63) is 119 Å². The number of nitrogens with zero attached hydrogens (tertiary/aromatic N) is 3. The van der Waals surface area contributed by atoms with Crippen LogP contribution in [0.2, 0.25) is 5.02 Å². The molecule has 4 aromatic carbocycles. The molecule has 0 spiro atoms. The lowest BCUT2D eigenvalue weighted by Gasteiger charge is -2.22. The van der Waals surface area contributed by atoms with E-state index in [1.807, 2.05) is 42.5 Å². The van der Waals surface area contributed by atoms with Crippen LogP contribution in [0.4, 0.5) is 5.69 Å². The van der Waals surface area contributed by atoms with E-state index in [1.165, 1.54) is 31.3 Å². The predicted octanol–water partition coefficient (Wildman–Crippen LogP) is 5.72. The van der Waals surface area contributed by atoms with Gasteiger partial charge in [-0.1, -0.05) is 66.2 Å². The van der Waals surface area contributed by atoms with Gasteiger partial charge in [0.15, 0.2) is 6.61 Å². The van der Waals surface area contributed by atoms with Gasteiger partial charge < -0.3 is 14.2 Å². The minimum atomic E-state index is -4.13. The summed E-state index contributed by atoms with van der Waals surface area (Å²) in [5.74, 6) is -0.504. The Labute approximate surface area is 266 Å². The Balaban J connectivity index is 1.36. The molecule has 0 aliphatic carbocycles. The Bertz CT molecular complexity index is 1850. The lowest BCUT2D eigenvalue weighted by atomic mass is 9.98. The first-order valence-corrected chi connectivity index (χ1v) is 15.6. The molecule has 1 amide bonds. The van der Waals surface area contributed by atoms with Crippen LogP contribution in [0.3, 0.4) is 0 Å². The van der Waals surface area contributed by atoms with Crippen molar-refractivity contribution in [3.63, 3.8) is 0 Å². The molecule has 5 rings (SSSR count). The lowest BCUT2D eigenvalue weighted by molar-refractivity contribution is -0.136. The molecule has 0 fully saturated rings. The smallest absolute Gasteiger partial charge is 0.340 e. The van der Waals surface area contributed by atoms with E-state index < -0.39 is 34.5 Å². The molecule has 232 valence electrons. The second-order valence-corrected chi connectivity index (χ2v) is 12.4. The molecule has 0 bridgehead atoms. The summed E-state index contributed by atoms with van der Waals surface area (Å²) in [6, 6.07) is 26.7. The first kappa shape index (κ1) is 31.6. The Morgan fingerprint density at radius 3 is 2.31 bits per heavy atom. The first-order chi connectivity index (χ1) is 21.6. The van der Waals surface area contributed by atoms with Gasteiger partial charge in [-0.25, -0.2) is 18.2 Å². The van der Waals surface area contributed by atoms with Crippen molar-refractivity contribution in [2.24, 2.45) is 5.10 Å². The molecule has 1 unspecified atom stereocenters. The summed E-state index contributed by atoms with van der Waals surface area (Å²) in [6.45, 7) is -0.647. The molecule has 0 saturated carbocycles. The van der Waals surface area contributed by atoms with Crippen molar-refractivity contribution in [2.45, 2.75) is 17.4 Å². The van der Waals surface area contributed by atoms with Gasteiger partial charge in [0.25, 0.3) is 15.9 Å². The van der Waals surface area contributed by atoms with Gasteiger partial charge in [0.2, 0.25) is 0 Å². The van der Waals surface area contributed by atoms with Crippen molar-refractivity contribution in [1.29, 1.82) is 0 Å². The summed E-state index contributed by atoms with van der Waals surface area (Å²) in [5.41, 5.74) is 2.49. The minimum Gasteiger partial charge on any atom is -0.497 e. The number of amides is 1. The molecule has 4 aromatic rings. The maximum Gasteiger partial charge on any atom is 0.340 e. The predicted molar refractivity (Wildman–Crippen MR) is 170 cm³/mol. The zero-order chi connectivity index (χ0) is 32.1. The highest BCUT2D eigenvalue weighted by Gasteiger charge is 2.34. The van der Waals surface area contributed by atoms with E-state index in [1.54, 1.807) is 43.5 Å². The minimum absolute atomic E-state index is 0.0342. The van der Waals surface area contributed by atoms with Gasteiger partial charge in [-0.3, -0.25) is 9.10 Å². The maximum atomic E-state index is 13.5. The average Bonchev–Trinajstić information content (AvgIpc) is 3.53. The topological polar surface area (TPSA) is 115 Å². The average molecular weight is 648 g/mol. The van der Waals surface area contributed by atoms with Crippen LogP contribution < -0.4 is 13.8 Å². The second-order valence-electron chi connectivity index (χ2n) is 10.0. The zero-order valence-electron chi connectivity index (χ0n) is 24.7. The molecular formula is C33H30ClN3O7S. The van der Waals surface area contributed by atoms with Crippen molar-refractivity contribution >= 4 is 44.9 Å². The molecule has 1 aliphatic heterocycles. The largest absolute Gasteiger partial charge is 0.497 e. The molecule has 0 saturated heterocycles. The maximum absolute atomic E-state index is 13.5. The molecule has 0 aromatic heterocycles. The SMILES string of the molecule is COc1ccc(C2CC(c3ccccc3)=NN2C(=O)COC(=O)c2cc(S(=O)(=O)N(C)c3ccccc3OC)ccc2Cl)cc1. The number of benzene rings is 4. The molecule has 10 nitrogen and oxygen atoms in total. The first-order valence-electron chi connectivity index (χ1n) is 13.8. The summed E-state index contributed by atoms with van der Waals surface area (Å²) < 4.78 is 43.9. The van der Waals surface area contributed by atoms with E-state index in [-0.39, 0.29) is 15.5 Å².